The van der Waals surface area contributed by atoms with E-state index < -0.39 is 18.0 Å². The molecule has 7 heteroatoms. The number of aryl methyl sites for hydroxylation is 1. The van der Waals surface area contributed by atoms with Gasteiger partial charge in [-0.05, 0) is 37.0 Å². The number of para-hydroxylation sites is 1. The lowest BCUT2D eigenvalue weighted by Crippen LogP contribution is -2.49. The normalized spacial score (nSPS) is 18.4. The van der Waals surface area contributed by atoms with Crippen LogP contribution in [0.2, 0.25) is 0 Å². The fourth-order valence-corrected chi connectivity index (χ4v) is 4.13. The van der Waals surface area contributed by atoms with Gasteiger partial charge in [0.1, 0.15) is 5.82 Å². The van der Waals surface area contributed by atoms with Crippen LogP contribution in [0.1, 0.15) is 30.5 Å². The zero-order valence-electron chi connectivity index (χ0n) is 16.8. The number of carbonyl (C=O) groups excluding carboxylic acids is 2. The first kappa shape index (κ1) is 19.9. The fraction of sp³-hybridized carbons (Fsp3) is 0.304. The Hall–Kier alpha value is -3.35. The van der Waals surface area contributed by atoms with Gasteiger partial charge in [0.15, 0.2) is 0 Å². The number of nitrogens with zero attached hydrogens (tertiary/aromatic N) is 1. The van der Waals surface area contributed by atoms with Crippen LogP contribution in [0.15, 0.2) is 59.8 Å². The molecule has 4 rings (SSSR count). The van der Waals surface area contributed by atoms with Gasteiger partial charge in [-0.15, -0.1) is 0 Å². The van der Waals surface area contributed by atoms with Crippen molar-refractivity contribution >= 4 is 17.7 Å². The summed E-state index contributed by atoms with van der Waals surface area (Å²) >= 11 is 0. The molecule has 1 atom stereocenters. The van der Waals surface area contributed by atoms with Crippen LogP contribution < -0.4 is 15.5 Å². The van der Waals surface area contributed by atoms with Crippen LogP contribution in [-0.2, 0) is 16.0 Å². The molecule has 0 aliphatic carbocycles. The first-order valence-electron chi connectivity index (χ1n) is 10.1. The highest BCUT2D eigenvalue weighted by Gasteiger charge is 2.35. The number of amides is 2. The Balaban J connectivity index is 1.77. The maximum Gasteiger partial charge on any atom is 0.338 e. The van der Waals surface area contributed by atoms with E-state index in [9.17, 15) is 14.0 Å². The smallest absolute Gasteiger partial charge is 0.338 e. The molecule has 0 radical (unpaired) electrons. The van der Waals surface area contributed by atoms with E-state index >= 15 is 0 Å². The lowest BCUT2D eigenvalue weighted by molar-refractivity contribution is -0.139. The summed E-state index contributed by atoms with van der Waals surface area (Å²) in [6.45, 7) is 2.79. The number of rotatable bonds is 5. The van der Waals surface area contributed by atoms with Crippen molar-refractivity contribution in [1.29, 1.82) is 0 Å². The van der Waals surface area contributed by atoms with Crippen LogP contribution in [0.3, 0.4) is 0 Å². The van der Waals surface area contributed by atoms with Crippen LogP contribution in [0.4, 0.5) is 14.9 Å². The fourth-order valence-electron chi connectivity index (χ4n) is 4.13. The Labute approximate surface area is 174 Å². The van der Waals surface area contributed by atoms with E-state index in [2.05, 4.69) is 10.6 Å². The largest absolute Gasteiger partial charge is 0.463 e. The van der Waals surface area contributed by atoms with Crippen molar-refractivity contribution in [3.8, 4) is 0 Å². The number of carbonyl (C=O) groups is 2. The van der Waals surface area contributed by atoms with E-state index in [4.69, 9.17) is 4.74 Å². The van der Waals surface area contributed by atoms with Gasteiger partial charge in [-0.3, -0.25) is 0 Å². The maximum atomic E-state index is 14.6. The molecule has 2 heterocycles. The summed E-state index contributed by atoms with van der Waals surface area (Å²) in [7, 11) is 0. The number of fused-ring (bicyclic) bond motifs is 1. The molecule has 0 saturated heterocycles. The molecular formula is C23H24FN3O3. The third-order valence-electron chi connectivity index (χ3n) is 5.39. The highest BCUT2D eigenvalue weighted by atomic mass is 19.1. The lowest BCUT2D eigenvalue weighted by atomic mass is 9.94. The van der Waals surface area contributed by atoms with Crippen LogP contribution >= 0.6 is 0 Å². The summed E-state index contributed by atoms with van der Waals surface area (Å²) < 4.78 is 19.9. The lowest BCUT2D eigenvalue weighted by Gasteiger charge is -2.35. The zero-order chi connectivity index (χ0) is 21.1. The second-order valence-corrected chi connectivity index (χ2v) is 7.33. The number of urea groups is 1. The van der Waals surface area contributed by atoms with Gasteiger partial charge < -0.3 is 20.3 Å². The highest BCUT2D eigenvalue weighted by Crippen LogP contribution is 2.33. The molecule has 0 bridgehead atoms. The molecular weight excluding hydrogens is 385 g/mol. The molecule has 2 aliphatic rings. The van der Waals surface area contributed by atoms with E-state index in [0.717, 1.165) is 24.0 Å². The van der Waals surface area contributed by atoms with E-state index in [1.54, 1.807) is 13.0 Å². The summed E-state index contributed by atoms with van der Waals surface area (Å²) in [4.78, 5) is 27.2. The molecule has 0 saturated carbocycles. The van der Waals surface area contributed by atoms with Crippen molar-refractivity contribution in [1.82, 2.24) is 10.6 Å². The van der Waals surface area contributed by atoms with Gasteiger partial charge in [0, 0.05) is 6.54 Å². The van der Waals surface area contributed by atoms with Crippen molar-refractivity contribution in [2.75, 3.05) is 24.6 Å². The van der Waals surface area contributed by atoms with Crippen molar-refractivity contribution in [3.05, 3.63) is 76.7 Å². The van der Waals surface area contributed by atoms with Gasteiger partial charge in [-0.2, -0.15) is 0 Å². The third-order valence-corrected chi connectivity index (χ3v) is 5.39. The Kier molecular flexibility index (Phi) is 5.70. The first-order chi connectivity index (χ1) is 14.6. The van der Waals surface area contributed by atoms with Crippen molar-refractivity contribution in [2.24, 2.45) is 0 Å². The minimum Gasteiger partial charge on any atom is -0.463 e. The van der Waals surface area contributed by atoms with E-state index in [1.165, 1.54) is 6.07 Å². The predicted molar refractivity (Wildman–Crippen MR) is 111 cm³/mol. The topological polar surface area (TPSA) is 70.7 Å². The van der Waals surface area contributed by atoms with Gasteiger partial charge >= 0.3 is 12.0 Å². The summed E-state index contributed by atoms with van der Waals surface area (Å²) in [5.74, 6) is -0.801. The number of ether oxygens (including phenoxy) is 1. The van der Waals surface area contributed by atoms with E-state index in [1.807, 2.05) is 41.3 Å². The van der Waals surface area contributed by atoms with Gasteiger partial charge in [0.2, 0.25) is 0 Å². The highest BCUT2D eigenvalue weighted by molar-refractivity contribution is 5.95. The number of halogens is 1. The number of nitrogens with one attached hydrogen (secondary N) is 2. The van der Waals surface area contributed by atoms with Gasteiger partial charge in [0.25, 0.3) is 0 Å². The quantitative estimate of drug-likeness (QED) is 0.742. The summed E-state index contributed by atoms with van der Waals surface area (Å²) in [5.41, 5.74) is 3.01. The summed E-state index contributed by atoms with van der Waals surface area (Å²) in [6, 6.07) is 13.3. The van der Waals surface area contributed by atoms with E-state index in [-0.39, 0.29) is 19.0 Å². The van der Waals surface area contributed by atoms with Crippen molar-refractivity contribution in [2.45, 2.75) is 25.8 Å². The Morgan fingerprint density at radius 3 is 2.77 bits per heavy atom. The maximum absolute atomic E-state index is 14.6. The van der Waals surface area contributed by atoms with Crippen LogP contribution in [0, 0.1) is 5.82 Å². The molecule has 0 unspecified atom stereocenters. The predicted octanol–water partition coefficient (Wildman–Crippen LogP) is 3.45. The Bertz CT molecular complexity index is 990. The molecule has 0 fully saturated rings. The summed E-state index contributed by atoms with van der Waals surface area (Å²) in [5, 5.41) is 5.59. The average Bonchev–Trinajstić information content (AvgIpc) is 2.74. The number of hydrogen-bond acceptors (Lipinski definition) is 4. The van der Waals surface area contributed by atoms with Crippen molar-refractivity contribution in [3.63, 3.8) is 0 Å². The third kappa shape index (κ3) is 3.87. The number of esters is 1. The standard InChI is InChI=1S/C23H24FN3O3/c1-2-30-22(28)19-18(25-23(29)26-20(19)15-8-4-3-5-9-15)14-27-13-7-11-16-10-6-12-17(24)21(16)27/h3-6,8-10,12,20H,2,7,11,13-14H2,1H3,(H2,25,26,29)/t20-/m1/s1. The van der Waals surface area contributed by atoms with E-state index in [0.29, 0.717) is 23.5 Å². The minimum atomic E-state index is -0.640. The average molecular weight is 409 g/mol. The molecule has 2 N–H and O–H groups in total. The number of hydrogen-bond donors (Lipinski definition) is 2. The second-order valence-electron chi connectivity index (χ2n) is 7.33. The molecule has 156 valence electrons. The number of benzene rings is 2. The molecule has 2 aromatic carbocycles. The summed E-state index contributed by atoms with van der Waals surface area (Å²) in [6.07, 6.45) is 1.67. The molecule has 6 nitrogen and oxygen atoms in total. The molecule has 2 aliphatic heterocycles. The molecule has 30 heavy (non-hydrogen) atoms. The minimum absolute atomic E-state index is 0.207. The molecule has 2 amide bonds. The molecule has 2 aromatic rings. The van der Waals surface area contributed by atoms with Crippen LogP contribution in [0.25, 0.3) is 0 Å². The van der Waals surface area contributed by atoms with Gasteiger partial charge in [-0.1, -0.05) is 42.5 Å². The van der Waals surface area contributed by atoms with Gasteiger partial charge in [0.05, 0.1) is 36.2 Å². The SMILES string of the molecule is CCOC(=O)C1=C(CN2CCCc3cccc(F)c32)NC(=O)N[C@@H]1c1ccccc1. The van der Waals surface area contributed by atoms with Crippen LogP contribution in [0.5, 0.6) is 0 Å². The Morgan fingerprint density at radius 1 is 1.20 bits per heavy atom. The number of anilines is 1. The monoisotopic (exact) mass is 409 g/mol. The van der Waals surface area contributed by atoms with Crippen LogP contribution in [-0.4, -0.2) is 31.7 Å². The van der Waals surface area contributed by atoms with Gasteiger partial charge in [-0.25, -0.2) is 14.0 Å². The second kappa shape index (κ2) is 8.57. The molecule has 0 spiro atoms. The Morgan fingerprint density at radius 2 is 2.00 bits per heavy atom. The zero-order valence-corrected chi connectivity index (χ0v) is 16.8. The van der Waals surface area contributed by atoms with Crippen molar-refractivity contribution < 1.29 is 18.7 Å². The molecule has 0 aromatic heterocycles. The first-order valence-corrected chi connectivity index (χ1v) is 10.1.